The molecule has 2 aromatic carbocycles. The van der Waals surface area contributed by atoms with Gasteiger partial charge in [0, 0.05) is 17.8 Å². The molecule has 0 bridgehead atoms. The van der Waals surface area contributed by atoms with E-state index in [-0.39, 0.29) is 23.0 Å². The lowest BCUT2D eigenvalue weighted by atomic mass is 10.0. The zero-order valence-corrected chi connectivity index (χ0v) is 13.7. The normalized spacial score (nSPS) is 14.7. The first-order chi connectivity index (χ1) is 11.9. The first-order valence-corrected chi connectivity index (χ1v) is 7.80. The maximum absolute atomic E-state index is 13.5. The molecule has 0 spiro atoms. The molecule has 6 heteroatoms. The van der Waals surface area contributed by atoms with Crippen LogP contribution in [0, 0.1) is 11.6 Å². The van der Waals surface area contributed by atoms with Crippen LogP contribution in [0.15, 0.2) is 54.2 Å². The number of carbonyl (C=O) groups excluding carboxylic acids is 2. The molecule has 2 amide bonds. The van der Waals surface area contributed by atoms with E-state index in [1.165, 1.54) is 6.07 Å². The minimum absolute atomic E-state index is 0.0518. The summed E-state index contributed by atoms with van der Waals surface area (Å²) < 4.78 is 26.6. The standard InChI is InChI=1S/C19H16F2N2O2/c1-11(2)23-18(24)16(12-6-4-3-5-7-12)17(19(23)25)22-13-8-9-14(20)15(21)10-13/h3-11,22H,1-2H3. The van der Waals surface area contributed by atoms with Gasteiger partial charge in [0.2, 0.25) is 0 Å². The van der Waals surface area contributed by atoms with Crippen LogP contribution in [-0.2, 0) is 9.59 Å². The van der Waals surface area contributed by atoms with Gasteiger partial charge in [-0.05, 0) is 31.5 Å². The highest BCUT2D eigenvalue weighted by Crippen LogP contribution is 2.31. The quantitative estimate of drug-likeness (QED) is 0.864. The Morgan fingerprint density at radius 2 is 1.60 bits per heavy atom. The zero-order chi connectivity index (χ0) is 18.1. The molecule has 0 aromatic heterocycles. The van der Waals surface area contributed by atoms with E-state index in [2.05, 4.69) is 5.32 Å². The van der Waals surface area contributed by atoms with E-state index in [0.717, 1.165) is 17.0 Å². The van der Waals surface area contributed by atoms with Crippen LogP contribution in [0.1, 0.15) is 19.4 Å². The smallest absolute Gasteiger partial charge is 0.278 e. The number of anilines is 1. The van der Waals surface area contributed by atoms with Crippen molar-refractivity contribution in [2.24, 2.45) is 0 Å². The first kappa shape index (κ1) is 16.8. The predicted molar refractivity (Wildman–Crippen MR) is 90.3 cm³/mol. The fourth-order valence-electron chi connectivity index (χ4n) is 2.72. The van der Waals surface area contributed by atoms with E-state index in [9.17, 15) is 18.4 Å². The lowest BCUT2D eigenvalue weighted by Crippen LogP contribution is -2.38. The molecule has 0 radical (unpaired) electrons. The van der Waals surface area contributed by atoms with Crippen molar-refractivity contribution in [3.8, 4) is 0 Å². The van der Waals surface area contributed by atoms with Gasteiger partial charge in [-0.1, -0.05) is 30.3 Å². The Morgan fingerprint density at radius 1 is 0.920 bits per heavy atom. The topological polar surface area (TPSA) is 49.4 Å². The van der Waals surface area contributed by atoms with Crippen LogP contribution in [-0.4, -0.2) is 22.8 Å². The number of amides is 2. The van der Waals surface area contributed by atoms with Gasteiger partial charge in [-0.25, -0.2) is 8.78 Å². The molecule has 4 nitrogen and oxygen atoms in total. The number of hydrogen-bond acceptors (Lipinski definition) is 3. The lowest BCUT2D eigenvalue weighted by molar-refractivity contribution is -0.138. The summed E-state index contributed by atoms with van der Waals surface area (Å²) in [6, 6.07) is 11.6. The molecule has 2 aromatic rings. The van der Waals surface area contributed by atoms with E-state index in [1.807, 2.05) is 0 Å². The van der Waals surface area contributed by atoms with Crippen LogP contribution in [0.5, 0.6) is 0 Å². The maximum atomic E-state index is 13.5. The Hall–Kier alpha value is -3.02. The average molecular weight is 342 g/mol. The number of hydrogen-bond donors (Lipinski definition) is 1. The van der Waals surface area contributed by atoms with Gasteiger partial charge in [-0.3, -0.25) is 14.5 Å². The molecule has 1 aliphatic rings. The monoisotopic (exact) mass is 342 g/mol. The molecule has 3 rings (SSSR count). The minimum Gasteiger partial charge on any atom is -0.350 e. The van der Waals surface area contributed by atoms with Crippen molar-refractivity contribution in [2.45, 2.75) is 19.9 Å². The van der Waals surface area contributed by atoms with Crippen LogP contribution < -0.4 is 5.32 Å². The highest BCUT2D eigenvalue weighted by Gasteiger charge is 2.40. The largest absolute Gasteiger partial charge is 0.350 e. The summed E-state index contributed by atoms with van der Waals surface area (Å²) >= 11 is 0. The molecule has 25 heavy (non-hydrogen) atoms. The van der Waals surface area contributed by atoms with Gasteiger partial charge in [0.05, 0.1) is 5.57 Å². The highest BCUT2D eigenvalue weighted by atomic mass is 19.2. The first-order valence-electron chi connectivity index (χ1n) is 7.80. The second kappa shape index (κ2) is 6.47. The van der Waals surface area contributed by atoms with Gasteiger partial charge >= 0.3 is 0 Å². The zero-order valence-electron chi connectivity index (χ0n) is 13.7. The molecule has 0 saturated carbocycles. The molecular formula is C19H16F2N2O2. The van der Waals surface area contributed by atoms with Crippen LogP contribution in [0.3, 0.4) is 0 Å². The van der Waals surface area contributed by atoms with E-state index >= 15 is 0 Å². The second-order valence-corrected chi connectivity index (χ2v) is 5.94. The van der Waals surface area contributed by atoms with E-state index in [1.54, 1.807) is 44.2 Å². The van der Waals surface area contributed by atoms with Crippen molar-refractivity contribution < 1.29 is 18.4 Å². The molecule has 128 valence electrons. The third-order valence-corrected chi connectivity index (χ3v) is 3.88. The van der Waals surface area contributed by atoms with E-state index in [0.29, 0.717) is 5.56 Å². The highest BCUT2D eigenvalue weighted by molar-refractivity contribution is 6.36. The Kier molecular flexibility index (Phi) is 4.35. The molecule has 0 saturated heterocycles. The third-order valence-electron chi connectivity index (χ3n) is 3.88. The average Bonchev–Trinajstić information content (AvgIpc) is 2.82. The van der Waals surface area contributed by atoms with Gasteiger partial charge in [0.25, 0.3) is 11.8 Å². The molecular weight excluding hydrogens is 326 g/mol. The van der Waals surface area contributed by atoms with Crippen molar-refractivity contribution in [1.29, 1.82) is 0 Å². The van der Waals surface area contributed by atoms with Crippen molar-refractivity contribution in [1.82, 2.24) is 4.90 Å². The summed E-state index contributed by atoms with van der Waals surface area (Å²) in [6.07, 6.45) is 0. The number of nitrogens with zero attached hydrogens (tertiary/aromatic N) is 1. The number of carbonyl (C=O) groups is 2. The molecule has 0 fully saturated rings. The van der Waals surface area contributed by atoms with E-state index < -0.39 is 23.4 Å². The van der Waals surface area contributed by atoms with Crippen LogP contribution >= 0.6 is 0 Å². The van der Waals surface area contributed by atoms with Crippen LogP contribution in [0.2, 0.25) is 0 Å². The fraction of sp³-hybridized carbons (Fsp3) is 0.158. The molecule has 1 heterocycles. The van der Waals surface area contributed by atoms with Gasteiger partial charge in [0.15, 0.2) is 11.6 Å². The van der Waals surface area contributed by atoms with Crippen LogP contribution in [0.4, 0.5) is 14.5 Å². The molecule has 0 atom stereocenters. The number of rotatable bonds is 4. The fourth-order valence-corrected chi connectivity index (χ4v) is 2.72. The Labute approximate surface area is 143 Å². The Morgan fingerprint density at radius 3 is 2.20 bits per heavy atom. The Balaban J connectivity index is 2.09. The SMILES string of the molecule is CC(C)N1C(=O)C(Nc2ccc(F)c(F)c2)=C(c2ccccc2)C1=O. The van der Waals surface area contributed by atoms with Crippen molar-refractivity contribution >= 4 is 23.1 Å². The third kappa shape index (κ3) is 3.03. The van der Waals surface area contributed by atoms with Gasteiger partial charge in [-0.15, -0.1) is 0 Å². The number of nitrogens with one attached hydrogen (secondary N) is 1. The number of benzene rings is 2. The molecule has 1 aliphatic heterocycles. The summed E-state index contributed by atoms with van der Waals surface area (Å²) in [5, 5.41) is 2.78. The lowest BCUT2D eigenvalue weighted by Gasteiger charge is -2.19. The number of imide groups is 1. The summed E-state index contributed by atoms with van der Waals surface area (Å²) in [4.78, 5) is 26.6. The van der Waals surface area contributed by atoms with Crippen molar-refractivity contribution in [3.63, 3.8) is 0 Å². The summed E-state index contributed by atoms with van der Waals surface area (Å²) in [6.45, 7) is 3.47. The molecule has 0 aliphatic carbocycles. The van der Waals surface area contributed by atoms with E-state index in [4.69, 9.17) is 0 Å². The second-order valence-electron chi connectivity index (χ2n) is 5.94. The van der Waals surface area contributed by atoms with Gasteiger partial charge in [0.1, 0.15) is 5.70 Å². The predicted octanol–water partition coefficient (Wildman–Crippen LogP) is 3.57. The number of halogens is 2. The maximum Gasteiger partial charge on any atom is 0.278 e. The summed E-state index contributed by atoms with van der Waals surface area (Å²) in [5.74, 6) is -2.94. The van der Waals surface area contributed by atoms with Gasteiger partial charge < -0.3 is 5.32 Å². The summed E-state index contributed by atoms with van der Waals surface area (Å²) in [5.41, 5.74) is 1.03. The van der Waals surface area contributed by atoms with Crippen molar-refractivity contribution in [2.75, 3.05) is 5.32 Å². The summed E-state index contributed by atoms with van der Waals surface area (Å²) in [7, 11) is 0. The van der Waals surface area contributed by atoms with Crippen LogP contribution in [0.25, 0.3) is 5.57 Å². The molecule has 1 N–H and O–H groups in total. The molecule has 0 unspecified atom stereocenters. The van der Waals surface area contributed by atoms with Crippen molar-refractivity contribution in [3.05, 3.63) is 71.4 Å². The minimum atomic E-state index is -1.04. The van der Waals surface area contributed by atoms with Gasteiger partial charge in [-0.2, -0.15) is 0 Å². The Bertz CT molecular complexity index is 876.